The Bertz CT molecular complexity index is 767. The summed E-state index contributed by atoms with van der Waals surface area (Å²) in [6.07, 6.45) is 2.20. The van der Waals surface area contributed by atoms with E-state index in [1.54, 1.807) is 10.4 Å². The standard InChI is InChI=1S/C19H29N3O4S/c1-15-5-6-18(16(2)12-15)27(24,25)22-9-7-21(8-10-22)14-19(23)20-13-17-4-3-11-26-17/h5-6,12,17H,3-4,7-11,13-14H2,1-2H3,(H,20,23)/p+1/t17-/m1/s1. The van der Waals surface area contributed by atoms with E-state index in [9.17, 15) is 13.2 Å². The van der Waals surface area contributed by atoms with E-state index >= 15 is 0 Å². The van der Waals surface area contributed by atoms with Gasteiger partial charge in [-0.1, -0.05) is 17.7 Å². The van der Waals surface area contributed by atoms with E-state index in [1.807, 2.05) is 26.0 Å². The number of piperazine rings is 1. The largest absolute Gasteiger partial charge is 0.376 e. The van der Waals surface area contributed by atoms with Crippen LogP contribution >= 0.6 is 0 Å². The molecule has 3 rings (SSSR count). The predicted molar refractivity (Wildman–Crippen MR) is 102 cm³/mol. The summed E-state index contributed by atoms with van der Waals surface area (Å²) in [5.74, 6) is 0.00573. The van der Waals surface area contributed by atoms with Crippen molar-refractivity contribution in [3.63, 3.8) is 0 Å². The van der Waals surface area contributed by atoms with E-state index in [-0.39, 0.29) is 12.0 Å². The number of hydrogen-bond donors (Lipinski definition) is 2. The number of ether oxygens (including phenoxy) is 1. The number of nitrogens with one attached hydrogen (secondary N) is 2. The molecule has 1 aromatic rings. The summed E-state index contributed by atoms with van der Waals surface area (Å²) in [5, 5.41) is 2.94. The molecular weight excluding hydrogens is 366 g/mol. The van der Waals surface area contributed by atoms with Gasteiger partial charge in [0.2, 0.25) is 10.0 Å². The van der Waals surface area contributed by atoms with Gasteiger partial charge in [0.1, 0.15) is 0 Å². The predicted octanol–water partition coefficient (Wildman–Crippen LogP) is -0.512. The molecule has 0 aliphatic carbocycles. The Labute approximate surface area is 161 Å². The third-order valence-corrected chi connectivity index (χ3v) is 7.40. The van der Waals surface area contributed by atoms with E-state index in [1.165, 1.54) is 0 Å². The second-order valence-corrected chi connectivity index (χ2v) is 9.45. The average Bonchev–Trinajstić information content (AvgIpc) is 3.14. The SMILES string of the molecule is Cc1ccc(S(=O)(=O)N2CC[NH+](CC(=O)NC[C@H]3CCCO3)CC2)c(C)c1. The van der Waals surface area contributed by atoms with Gasteiger partial charge in [-0.05, 0) is 38.3 Å². The highest BCUT2D eigenvalue weighted by atomic mass is 32.2. The smallest absolute Gasteiger partial charge is 0.275 e. The van der Waals surface area contributed by atoms with Crippen molar-refractivity contribution in [1.29, 1.82) is 0 Å². The summed E-state index contributed by atoms with van der Waals surface area (Å²) in [6, 6.07) is 5.42. The summed E-state index contributed by atoms with van der Waals surface area (Å²) in [4.78, 5) is 13.6. The molecule has 2 fully saturated rings. The van der Waals surface area contributed by atoms with Crippen molar-refractivity contribution >= 4 is 15.9 Å². The Kier molecular flexibility index (Phi) is 6.52. The zero-order valence-electron chi connectivity index (χ0n) is 16.2. The molecule has 0 saturated carbocycles. The molecule has 8 heteroatoms. The van der Waals surface area contributed by atoms with E-state index in [2.05, 4.69) is 5.32 Å². The molecule has 27 heavy (non-hydrogen) atoms. The van der Waals surface area contributed by atoms with Crippen LogP contribution in [0, 0.1) is 13.8 Å². The molecule has 1 amide bonds. The fourth-order valence-electron chi connectivity index (χ4n) is 3.77. The molecule has 0 bridgehead atoms. The van der Waals surface area contributed by atoms with Crippen molar-refractivity contribution < 1.29 is 22.8 Å². The number of carbonyl (C=O) groups is 1. The quantitative estimate of drug-likeness (QED) is 0.679. The van der Waals surface area contributed by atoms with Crippen LogP contribution in [-0.2, 0) is 19.6 Å². The van der Waals surface area contributed by atoms with Gasteiger partial charge in [-0.25, -0.2) is 8.42 Å². The third-order valence-electron chi connectivity index (χ3n) is 5.34. The zero-order valence-corrected chi connectivity index (χ0v) is 17.0. The van der Waals surface area contributed by atoms with Gasteiger partial charge in [0.25, 0.3) is 5.91 Å². The van der Waals surface area contributed by atoms with Crippen LogP contribution in [0.5, 0.6) is 0 Å². The lowest BCUT2D eigenvalue weighted by molar-refractivity contribution is -0.895. The van der Waals surface area contributed by atoms with Crippen LogP contribution in [0.1, 0.15) is 24.0 Å². The number of sulfonamides is 1. The minimum atomic E-state index is -3.48. The molecular formula is C19H30N3O4S+. The number of benzene rings is 1. The molecule has 2 saturated heterocycles. The first kappa shape index (κ1) is 20.3. The van der Waals surface area contributed by atoms with Crippen LogP contribution in [0.4, 0.5) is 0 Å². The second-order valence-electron chi connectivity index (χ2n) is 7.54. The zero-order chi connectivity index (χ0) is 19.4. The number of carbonyl (C=O) groups excluding carboxylic acids is 1. The maximum absolute atomic E-state index is 12.9. The molecule has 2 aliphatic heterocycles. The lowest BCUT2D eigenvalue weighted by Crippen LogP contribution is -3.15. The van der Waals surface area contributed by atoms with E-state index in [0.717, 1.165) is 35.5 Å². The first-order valence-corrected chi connectivity index (χ1v) is 11.1. The molecule has 0 aromatic heterocycles. The highest BCUT2D eigenvalue weighted by Gasteiger charge is 2.32. The van der Waals surface area contributed by atoms with Gasteiger partial charge in [0, 0.05) is 13.2 Å². The monoisotopic (exact) mass is 396 g/mol. The normalized spacial score (nSPS) is 22.1. The summed E-state index contributed by atoms with van der Waals surface area (Å²) in [7, 11) is -3.48. The number of nitrogens with zero attached hydrogens (tertiary/aromatic N) is 1. The van der Waals surface area contributed by atoms with Gasteiger partial charge < -0.3 is 15.0 Å². The summed E-state index contributed by atoms with van der Waals surface area (Å²) < 4.78 is 32.9. The number of quaternary nitrogens is 1. The highest BCUT2D eigenvalue weighted by molar-refractivity contribution is 7.89. The molecule has 2 heterocycles. The molecule has 1 atom stereocenters. The fourth-order valence-corrected chi connectivity index (χ4v) is 5.42. The Hall–Kier alpha value is -1.48. The maximum atomic E-state index is 12.9. The second kappa shape index (κ2) is 8.68. The first-order valence-electron chi connectivity index (χ1n) is 9.65. The van der Waals surface area contributed by atoms with Gasteiger partial charge in [0.15, 0.2) is 6.54 Å². The van der Waals surface area contributed by atoms with Crippen LogP contribution in [0.15, 0.2) is 23.1 Å². The fraction of sp³-hybridized carbons (Fsp3) is 0.632. The van der Waals surface area contributed by atoms with Crippen LogP contribution in [0.25, 0.3) is 0 Å². The molecule has 0 spiro atoms. The lowest BCUT2D eigenvalue weighted by atomic mass is 10.2. The van der Waals surface area contributed by atoms with E-state index < -0.39 is 10.0 Å². The van der Waals surface area contributed by atoms with E-state index in [4.69, 9.17) is 4.74 Å². The summed E-state index contributed by atoms with van der Waals surface area (Å²) in [6.45, 7) is 7.66. The van der Waals surface area contributed by atoms with Crippen molar-refractivity contribution in [2.24, 2.45) is 0 Å². The molecule has 150 valence electrons. The lowest BCUT2D eigenvalue weighted by Gasteiger charge is -2.31. The van der Waals surface area contributed by atoms with Crippen molar-refractivity contribution in [1.82, 2.24) is 9.62 Å². The van der Waals surface area contributed by atoms with Gasteiger partial charge in [-0.15, -0.1) is 0 Å². The number of rotatable bonds is 6. The Morgan fingerprint density at radius 3 is 2.67 bits per heavy atom. The van der Waals surface area contributed by atoms with Crippen molar-refractivity contribution in [2.45, 2.75) is 37.7 Å². The van der Waals surface area contributed by atoms with Crippen molar-refractivity contribution in [3.05, 3.63) is 29.3 Å². The number of amides is 1. The highest BCUT2D eigenvalue weighted by Crippen LogP contribution is 2.20. The molecule has 2 N–H and O–H groups in total. The minimum absolute atomic E-state index is 0.00573. The van der Waals surface area contributed by atoms with Crippen LogP contribution in [0.3, 0.4) is 0 Å². The van der Waals surface area contributed by atoms with Crippen molar-refractivity contribution in [2.75, 3.05) is 45.9 Å². The summed E-state index contributed by atoms with van der Waals surface area (Å²) >= 11 is 0. The molecule has 0 radical (unpaired) electrons. The average molecular weight is 397 g/mol. The third kappa shape index (κ3) is 5.07. The number of hydrogen-bond acceptors (Lipinski definition) is 4. The first-order chi connectivity index (χ1) is 12.9. The van der Waals surface area contributed by atoms with Crippen LogP contribution in [-0.4, -0.2) is 70.6 Å². The van der Waals surface area contributed by atoms with Crippen molar-refractivity contribution in [3.8, 4) is 0 Å². The van der Waals surface area contributed by atoms with Gasteiger partial charge in [-0.3, -0.25) is 4.79 Å². The minimum Gasteiger partial charge on any atom is -0.376 e. The van der Waals surface area contributed by atoms with E-state index in [0.29, 0.717) is 44.2 Å². The molecule has 2 aliphatic rings. The Morgan fingerprint density at radius 2 is 2.04 bits per heavy atom. The Balaban J connectivity index is 1.49. The maximum Gasteiger partial charge on any atom is 0.275 e. The number of aryl methyl sites for hydroxylation is 2. The Morgan fingerprint density at radius 1 is 1.30 bits per heavy atom. The molecule has 0 unspecified atom stereocenters. The van der Waals surface area contributed by atoms with Gasteiger partial charge in [-0.2, -0.15) is 4.31 Å². The van der Waals surface area contributed by atoms with Crippen LogP contribution in [0.2, 0.25) is 0 Å². The van der Waals surface area contributed by atoms with Gasteiger partial charge in [0.05, 0.1) is 37.2 Å². The molecule has 1 aromatic carbocycles. The topological polar surface area (TPSA) is 80.2 Å². The summed E-state index contributed by atoms with van der Waals surface area (Å²) in [5.41, 5.74) is 1.83. The van der Waals surface area contributed by atoms with Gasteiger partial charge >= 0.3 is 0 Å². The molecule has 7 nitrogen and oxygen atoms in total. The van der Waals surface area contributed by atoms with Crippen LogP contribution < -0.4 is 10.2 Å².